The van der Waals surface area contributed by atoms with Gasteiger partial charge in [-0.3, -0.25) is 10.1 Å². The molecular formula is C17H16ClNO7P+. The molecule has 8 nitrogen and oxygen atoms in total. The first-order chi connectivity index (χ1) is 12.8. The lowest BCUT2D eigenvalue weighted by molar-refractivity contribution is -0.383. The van der Waals surface area contributed by atoms with Gasteiger partial charge in [0.2, 0.25) is 0 Å². The third-order valence-corrected chi connectivity index (χ3v) is 4.87. The Kier molecular flexibility index (Phi) is 7.24. The van der Waals surface area contributed by atoms with Gasteiger partial charge in [0, 0.05) is 22.7 Å². The highest BCUT2D eigenvalue weighted by atomic mass is 35.5. The summed E-state index contributed by atoms with van der Waals surface area (Å²) in [4.78, 5) is 21.9. The van der Waals surface area contributed by atoms with E-state index in [0.717, 1.165) is 7.11 Å². The number of carbonyl (C=O) groups excluding carboxylic acids is 1. The average molecular weight is 413 g/mol. The van der Waals surface area contributed by atoms with E-state index in [1.54, 1.807) is 31.2 Å². The number of rotatable bonds is 8. The fourth-order valence-corrected chi connectivity index (χ4v) is 3.18. The molecule has 0 saturated heterocycles. The number of nitrogens with zero attached hydrogens (tertiary/aromatic N) is 1. The molecule has 0 aromatic heterocycles. The number of nitro benzene ring substituents is 1. The Morgan fingerprint density at radius 1 is 1.26 bits per heavy atom. The second kappa shape index (κ2) is 9.41. The second-order valence-electron chi connectivity index (χ2n) is 5.22. The first-order valence-electron chi connectivity index (χ1n) is 7.77. The van der Waals surface area contributed by atoms with Crippen LogP contribution < -0.4 is 10.0 Å². The van der Waals surface area contributed by atoms with E-state index >= 15 is 0 Å². The van der Waals surface area contributed by atoms with Crippen LogP contribution in [0.15, 0.2) is 36.4 Å². The molecule has 0 aliphatic rings. The van der Waals surface area contributed by atoms with E-state index in [2.05, 4.69) is 4.74 Å². The number of ether oxygens (including phenoxy) is 2. The molecule has 0 heterocycles. The lowest BCUT2D eigenvalue weighted by Gasteiger charge is -2.10. The van der Waals surface area contributed by atoms with Crippen LogP contribution >= 0.6 is 19.6 Å². The summed E-state index contributed by atoms with van der Waals surface area (Å²) >= 11 is 5.84. The average Bonchev–Trinajstić information content (AvgIpc) is 2.66. The third kappa shape index (κ3) is 5.47. The fourth-order valence-electron chi connectivity index (χ4n) is 2.13. The molecule has 0 saturated carbocycles. The highest BCUT2D eigenvalue weighted by molar-refractivity contribution is 7.48. The van der Waals surface area contributed by atoms with Crippen molar-refractivity contribution in [2.24, 2.45) is 0 Å². The van der Waals surface area contributed by atoms with Gasteiger partial charge in [-0.1, -0.05) is 18.5 Å². The molecule has 142 valence electrons. The number of methoxy groups -OCH3 is 1. The molecule has 0 aliphatic heterocycles. The lowest BCUT2D eigenvalue weighted by Crippen LogP contribution is -2.12. The number of esters is 1. The van der Waals surface area contributed by atoms with E-state index < -0.39 is 25.5 Å². The van der Waals surface area contributed by atoms with E-state index in [4.69, 9.17) is 20.9 Å². The molecular weight excluding hydrogens is 397 g/mol. The molecule has 0 spiro atoms. The zero-order valence-electron chi connectivity index (χ0n) is 14.5. The van der Waals surface area contributed by atoms with Crippen LogP contribution in [0.5, 0.6) is 11.5 Å². The summed E-state index contributed by atoms with van der Waals surface area (Å²) < 4.78 is 27.5. The predicted molar refractivity (Wildman–Crippen MR) is 99.2 cm³/mol. The van der Waals surface area contributed by atoms with Crippen molar-refractivity contribution in [2.75, 3.05) is 13.7 Å². The van der Waals surface area contributed by atoms with Crippen molar-refractivity contribution >= 4 is 36.6 Å². The number of benzene rings is 2. The van der Waals surface area contributed by atoms with Crippen LogP contribution in [0.4, 0.5) is 5.69 Å². The van der Waals surface area contributed by atoms with E-state index in [0.29, 0.717) is 28.5 Å². The highest BCUT2D eigenvalue weighted by Gasteiger charge is 2.36. The Bertz CT molecular complexity index is 870. The van der Waals surface area contributed by atoms with Crippen LogP contribution in [0.3, 0.4) is 0 Å². The van der Waals surface area contributed by atoms with Gasteiger partial charge in [0.1, 0.15) is 11.5 Å². The minimum atomic E-state index is -2.67. The van der Waals surface area contributed by atoms with Gasteiger partial charge in [-0.15, -0.1) is 4.52 Å². The molecule has 0 radical (unpaired) electrons. The van der Waals surface area contributed by atoms with E-state index in [-0.39, 0.29) is 11.0 Å². The molecule has 0 fully saturated rings. The maximum absolute atomic E-state index is 12.4. The molecule has 1 unspecified atom stereocenters. The van der Waals surface area contributed by atoms with Crippen LogP contribution in [0.2, 0.25) is 5.02 Å². The molecule has 1 atom stereocenters. The van der Waals surface area contributed by atoms with E-state index in [1.165, 1.54) is 12.1 Å². The minimum Gasteiger partial charge on any atom is -0.467 e. The standard InChI is InChI=1S/C17H16ClNO7P/c1-3-11-8-14(19(21)22)16(27(23)25-10-17(20)24-2)9-15(11)26-13-6-4-12(18)5-7-13/h4-9H,3,10H2,1-2H3/q+1. The predicted octanol–water partition coefficient (Wildman–Crippen LogP) is 4.16. The van der Waals surface area contributed by atoms with Gasteiger partial charge in [0.25, 0.3) is 0 Å². The number of carbonyl (C=O) groups is 1. The van der Waals surface area contributed by atoms with Crippen LogP contribution in [-0.4, -0.2) is 24.6 Å². The minimum absolute atomic E-state index is 0.180. The summed E-state index contributed by atoms with van der Waals surface area (Å²) in [7, 11) is -1.53. The number of nitro groups is 1. The summed E-state index contributed by atoms with van der Waals surface area (Å²) in [5, 5.41) is 11.7. The summed E-state index contributed by atoms with van der Waals surface area (Å²) in [6.45, 7) is 1.22. The van der Waals surface area contributed by atoms with Gasteiger partial charge in [-0.2, -0.15) is 0 Å². The zero-order chi connectivity index (χ0) is 20.0. The number of aryl methyl sites for hydroxylation is 1. The van der Waals surface area contributed by atoms with E-state index in [9.17, 15) is 19.5 Å². The van der Waals surface area contributed by atoms with Crippen molar-refractivity contribution in [3.63, 3.8) is 0 Å². The zero-order valence-corrected chi connectivity index (χ0v) is 16.2. The Morgan fingerprint density at radius 2 is 1.93 bits per heavy atom. The monoisotopic (exact) mass is 412 g/mol. The topological polar surface area (TPSA) is 105 Å². The first-order valence-corrected chi connectivity index (χ1v) is 9.33. The van der Waals surface area contributed by atoms with Gasteiger partial charge in [0.05, 0.1) is 12.0 Å². The smallest absolute Gasteiger partial charge is 0.467 e. The Labute approximate surface area is 161 Å². The van der Waals surface area contributed by atoms with Crippen molar-refractivity contribution in [2.45, 2.75) is 13.3 Å². The van der Waals surface area contributed by atoms with E-state index in [1.807, 2.05) is 0 Å². The molecule has 27 heavy (non-hydrogen) atoms. The van der Waals surface area contributed by atoms with Crippen LogP contribution in [0.1, 0.15) is 12.5 Å². The molecule has 2 aromatic carbocycles. The summed E-state index contributed by atoms with van der Waals surface area (Å²) in [6.07, 6.45) is 0.448. The lowest BCUT2D eigenvalue weighted by atomic mass is 10.1. The van der Waals surface area contributed by atoms with Gasteiger partial charge in [0.15, 0.2) is 6.61 Å². The molecule has 0 bridgehead atoms. The summed E-state index contributed by atoms with van der Waals surface area (Å²) in [6, 6.07) is 9.12. The molecule has 0 amide bonds. The third-order valence-electron chi connectivity index (χ3n) is 3.50. The first kappa shape index (κ1) is 20.8. The normalized spacial score (nSPS) is 11.0. The number of hydrogen-bond acceptors (Lipinski definition) is 7. The van der Waals surface area contributed by atoms with Gasteiger partial charge in [-0.05, 0) is 35.3 Å². The Hall–Kier alpha value is -2.54. The molecule has 0 N–H and O–H groups in total. The quantitative estimate of drug-likeness (QED) is 0.277. The van der Waals surface area contributed by atoms with Gasteiger partial charge in [-0.25, -0.2) is 4.79 Å². The maximum atomic E-state index is 12.4. The molecule has 10 heteroatoms. The van der Waals surface area contributed by atoms with Gasteiger partial charge < -0.3 is 9.47 Å². The number of halogens is 1. The Balaban J connectivity index is 2.41. The SMILES string of the molecule is CCc1cc([N+](=O)[O-])c([P+](=O)OCC(=O)OC)cc1Oc1ccc(Cl)cc1. The van der Waals surface area contributed by atoms with Crippen molar-refractivity contribution in [1.29, 1.82) is 0 Å². The maximum Gasteiger partial charge on any atom is 0.556 e. The molecule has 2 rings (SSSR count). The fraction of sp³-hybridized carbons (Fsp3) is 0.235. The summed E-state index contributed by atoms with van der Waals surface area (Å²) in [5.74, 6) is 0.00821. The van der Waals surface area contributed by atoms with Crippen LogP contribution in [0, 0.1) is 10.1 Å². The summed E-state index contributed by atoms with van der Waals surface area (Å²) in [5.41, 5.74) is 0.179. The largest absolute Gasteiger partial charge is 0.556 e. The highest BCUT2D eigenvalue weighted by Crippen LogP contribution is 2.35. The second-order valence-corrected chi connectivity index (χ2v) is 6.91. The van der Waals surface area contributed by atoms with Crippen LogP contribution in [0.25, 0.3) is 0 Å². The van der Waals surface area contributed by atoms with Crippen LogP contribution in [-0.2, 0) is 25.0 Å². The molecule has 2 aromatic rings. The Morgan fingerprint density at radius 3 is 2.48 bits per heavy atom. The van der Waals surface area contributed by atoms with Crippen molar-refractivity contribution in [3.8, 4) is 11.5 Å². The van der Waals surface area contributed by atoms with Gasteiger partial charge >= 0.3 is 25.0 Å². The van der Waals surface area contributed by atoms with Crippen molar-refractivity contribution in [3.05, 3.63) is 57.1 Å². The number of hydrogen-bond donors (Lipinski definition) is 0. The molecule has 0 aliphatic carbocycles. The van der Waals surface area contributed by atoms with Crippen molar-refractivity contribution in [1.82, 2.24) is 0 Å². The van der Waals surface area contributed by atoms with Crippen molar-refractivity contribution < 1.29 is 28.3 Å².